The van der Waals surface area contributed by atoms with Crippen molar-refractivity contribution in [2.75, 3.05) is 0 Å². The van der Waals surface area contributed by atoms with E-state index in [2.05, 4.69) is 83.9 Å². The summed E-state index contributed by atoms with van der Waals surface area (Å²) in [6.45, 7) is 7.17. The number of aryl methyl sites for hydroxylation is 2. The number of ether oxygens (including phenoxy) is 1. The van der Waals surface area contributed by atoms with Crippen LogP contribution in [0.25, 0.3) is 6.08 Å². The predicted molar refractivity (Wildman–Crippen MR) is 162 cm³/mol. The van der Waals surface area contributed by atoms with Gasteiger partial charge in [-0.3, -0.25) is 0 Å². The number of aromatic nitrogens is 4. The number of aromatic carboxylic acids is 1. The molecule has 0 saturated carbocycles. The lowest BCUT2D eigenvalue weighted by Gasteiger charge is -2.19. The van der Waals surface area contributed by atoms with Crippen LogP contribution < -0.4 is 4.74 Å². The van der Waals surface area contributed by atoms with Crippen molar-refractivity contribution < 1.29 is 14.6 Å². The third-order valence-electron chi connectivity index (χ3n) is 7.31. The van der Waals surface area contributed by atoms with Gasteiger partial charge in [-0.1, -0.05) is 93.9 Å². The van der Waals surface area contributed by atoms with E-state index >= 15 is 0 Å². The van der Waals surface area contributed by atoms with Crippen LogP contribution in [0.3, 0.4) is 0 Å². The summed E-state index contributed by atoms with van der Waals surface area (Å²) in [6.07, 6.45) is 10.2. The number of hydrogen-bond acceptors (Lipinski definition) is 5. The van der Waals surface area contributed by atoms with Gasteiger partial charge in [-0.15, -0.1) is 5.10 Å². The number of carboxylic acid groups (broad SMARTS) is 1. The summed E-state index contributed by atoms with van der Waals surface area (Å²) in [7, 11) is 0. The van der Waals surface area contributed by atoms with Crippen LogP contribution in [0, 0.1) is 5.92 Å². The molecule has 3 aromatic carbocycles. The van der Waals surface area contributed by atoms with Crippen molar-refractivity contribution in [1.29, 1.82) is 0 Å². The predicted octanol–water partition coefficient (Wildman–Crippen LogP) is 7.45. The standard InChI is InChI=1S/C34H40N4O3/c1-34(2,3)30-22-17-27(18-23-30)24-41-31-10-6-5-9-28(31)19-14-25(8-4-7-11-32-35-37-38-36-32)12-13-26-15-20-29(21-16-26)33(39)40/h5-6,9-10,14-23,25H,4,7-8,11-13,24H2,1-3H3,(H,39,40)(H,35,36,37,38)/b19-14+. The molecule has 1 aromatic heterocycles. The molecule has 0 spiro atoms. The number of nitrogens with zero attached hydrogens (tertiary/aromatic N) is 3. The Bertz CT molecular complexity index is 1390. The summed E-state index contributed by atoms with van der Waals surface area (Å²) in [5, 5.41) is 23.3. The Hall–Kier alpha value is -4.26. The van der Waals surface area contributed by atoms with E-state index in [9.17, 15) is 9.90 Å². The van der Waals surface area contributed by atoms with Gasteiger partial charge < -0.3 is 9.84 Å². The number of H-pyrrole nitrogens is 1. The quantitative estimate of drug-likeness (QED) is 0.158. The minimum atomic E-state index is -0.901. The van der Waals surface area contributed by atoms with E-state index in [0.29, 0.717) is 18.1 Å². The third kappa shape index (κ3) is 9.41. The van der Waals surface area contributed by atoms with Crippen LogP contribution in [0.5, 0.6) is 5.75 Å². The zero-order valence-electron chi connectivity index (χ0n) is 24.2. The highest BCUT2D eigenvalue weighted by atomic mass is 16.5. The lowest BCUT2D eigenvalue weighted by Crippen LogP contribution is -2.10. The van der Waals surface area contributed by atoms with Gasteiger partial charge in [0.15, 0.2) is 0 Å². The maximum atomic E-state index is 11.2. The molecule has 2 N–H and O–H groups in total. The number of benzene rings is 3. The first-order valence-corrected chi connectivity index (χ1v) is 14.3. The molecule has 0 aliphatic rings. The van der Waals surface area contributed by atoms with Gasteiger partial charge in [0.1, 0.15) is 18.2 Å². The Balaban J connectivity index is 1.40. The minimum Gasteiger partial charge on any atom is -0.488 e. The Morgan fingerprint density at radius 3 is 2.34 bits per heavy atom. The lowest BCUT2D eigenvalue weighted by molar-refractivity contribution is 0.0697. The van der Waals surface area contributed by atoms with Crippen LogP contribution in [-0.4, -0.2) is 31.7 Å². The van der Waals surface area contributed by atoms with E-state index in [1.165, 1.54) is 5.56 Å². The fourth-order valence-electron chi connectivity index (χ4n) is 4.74. The summed E-state index contributed by atoms with van der Waals surface area (Å²) >= 11 is 0. The molecule has 0 amide bonds. The average Bonchev–Trinajstić information content (AvgIpc) is 3.49. The molecule has 0 fully saturated rings. The first-order chi connectivity index (χ1) is 19.8. The smallest absolute Gasteiger partial charge is 0.335 e. The van der Waals surface area contributed by atoms with Crippen molar-refractivity contribution in [1.82, 2.24) is 20.6 Å². The summed E-state index contributed by atoms with van der Waals surface area (Å²) in [5.74, 6) is 1.14. The molecule has 0 saturated heterocycles. The maximum absolute atomic E-state index is 11.2. The maximum Gasteiger partial charge on any atom is 0.335 e. The van der Waals surface area contributed by atoms with Crippen LogP contribution in [0.15, 0.2) is 78.9 Å². The largest absolute Gasteiger partial charge is 0.488 e. The topological polar surface area (TPSA) is 101 Å². The lowest BCUT2D eigenvalue weighted by atomic mass is 9.87. The van der Waals surface area contributed by atoms with E-state index in [-0.39, 0.29) is 5.41 Å². The van der Waals surface area contributed by atoms with Gasteiger partial charge in [0.2, 0.25) is 0 Å². The second kappa shape index (κ2) is 14.4. The zero-order valence-corrected chi connectivity index (χ0v) is 24.2. The first-order valence-electron chi connectivity index (χ1n) is 14.3. The minimum absolute atomic E-state index is 0.127. The van der Waals surface area contributed by atoms with Crippen LogP contribution >= 0.6 is 0 Å². The number of hydrogen-bond donors (Lipinski definition) is 2. The molecular formula is C34H40N4O3. The number of unbranched alkanes of at least 4 members (excludes halogenated alkanes) is 1. The zero-order chi connectivity index (χ0) is 29.1. The molecule has 214 valence electrons. The van der Waals surface area contributed by atoms with Crippen molar-refractivity contribution in [2.24, 2.45) is 5.92 Å². The van der Waals surface area contributed by atoms with Crippen LogP contribution in [0.4, 0.5) is 0 Å². The number of carbonyl (C=O) groups is 1. The molecule has 7 nitrogen and oxygen atoms in total. The Morgan fingerprint density at radius 2 is 1.66 bits per heavy atom. The number of allylic oxidation sites excluding steroid dienone is 1. The molecule has 7 heteroatoms. The number of nitrogens with one attached hydrogen (secondary N) is 1. The number of para-hydroxylation sites is 1. The Labute approximate surface area is 242 Å². The highest BCUT2D eigenvalue weighted by molar-refractivity contribution is 5.87. The van der Waals surface area contributed by atoms with Crippen LogP contribution in [0.2, 0.25) is 0 Å². The highest BCUT2D eigenvalue weighted by Gasteiger charge is 2.13. The SMILES string of the molecule is CC(C)(C)c1ccc(COc2ccccc2/C=C/C(CCCCc2nnn[nH]2)CCc2ccc(C(=O)O)cc2)cc1. The van der Waals surface area contributed by atoms with Gasteiger partial charge in [-0.05, 0) is 82.3 Å². The molecule has 1 unspecified atom stereocenters. The van der Waals surface area contributed by atoms with E-state index in [0.717, 1.165) is 66.8 Å². The normalized spacial score (nSPS) is 12.5. The Morgan fingerprint density at radius 1 is 0.927 bits per heavy atom. The van der Waals surface area contributed by atoms with E-state index in [1.807, 2.05) is 30.3 Å². The molecule has 0 aliphatic heterocycles. The Kier molecular flexibility index (Phi) is 10.4. The number of carboxylic acids is 1. The third-order valence-corrected chi connectivity index (χ3v) is 7.31. The fraction of sp³-hybridized carbons (Fsp3) is 0.353. The monoisotopic (exact) mass is 552 g/mol. The van der Waals surface area contributed by atoms with Crippen molar-refractivity contribution in [2.45, 2.75) is 71.3 Å². The molecule has 1 heterocycles. The molecular weight excluding hydrogens is 512 g/mol. The van der Waals surface area contributed by atoms with Crippen molar-refractivity contribution in [3.8, 4) is 5.75 Å². The van der Waals surface area contributed by atoms with Gasteiger partial charge in [0.05, 0.1) is 5.56 Å². The van der Waals surface area contributed by atoms with E-state index in [4.69, 9.17) is 4.74 Å². The molecule has 0 radical (unpaired) electrons. The average molecular weight is 553 g/mol. The van der Waals surface area contributed by atoms with Gasteiger partial charge >= 0.3 is 5.97 Å². The van der Waals surface area contributed by atoms with Crippen molar-refractivity contribution in [3.63, 3.8) is 0 Å². The molecule has 1 atom stereocenters. The molecule has 0 aliphatic carbocycles. The second-order valence-corrected chi connectivity index (χ2v) is 11.5. The number of rotatable bonds is 14. The van der Waals surface area contributed by atoms with E-state index < -0.39 is 5.97 Å². The highest BCUT2D eigenvalue weighted by Crippen LogP contribution is 2.26. The summed E-state index contributed by atoms with van der Waals surface area (Å²) in [6, 6.07) is 24.0. The van der Waals surface area contributed by atoms with Gasteiger partial charge in [-0.25, -0.2) is 9.89 Å². The van der Waals surface area contributed by atoms with Gasteiger partial charge in [-0.2, -0.15) is 0 Å². The fourth-order valence-corrected chi connectivity index (χ4v) is 4.74. The van der Waals surface area contributed by atoms with Gasteiger partial charge in [0.25, 0.3) is 0 Å². The van der Waals surface area contributed by atoms with Gasteiger partial charge in [0, 0.05) is 12.0 Å². The number of tetrazole rings is 1. The van der Waals surface area contributed by atoms with Crippen LogP contribution in [0.1, 0.15) is 84.9 Å². The van der Waals surface area contributed by atoms with Crippen LogP contribution in [-0.2, 0) is 24.9 Å². The molecule has 4 rings (SSSR count). The van der Waals surface area contributed by atoms with E-state index in [1.54, 1.807) is 12.1 Å². The molecule has 4 aromatic rings. The summed E-state index contributed by atoms with van der Waals surface area (Å²) in [4.78, 5) is 11.2. The van der Waals surface area contributed by atoms with Crippen molar-refractivity contribution >= 4 is 12.0 Å². The second-order valence-electron chi connectivity index (χ2n) is 11.5. The molecule has 41 heavy (non-hydrogen) atoms. The first kappa shape index (κ1) is 29.7. The number of aromatic amines is 1. The molecule has 0 bridgehead atoms. The summed E-state index contributed by atoms with van der Waals surface area (Å²) < 4.78 is 6.26. The van der Waals surface area contributed by atoms with Crippen molar-refractivity contribution in [3.05, 3.63) is 113 Å². The summed E-state index contributed by atoms with van der Waals surface area (Å²) in [5.41, 5.74) is 5.10.